The molecule has 0 aliphatic carbocycles. The Kier molecular flexibility index (Phi) is 8.80. The molecule has 4 heteroatoms. The maximum absolute atomic E-state index is 13.4. The highest BCUT2D eigenvalue weighted by atomic mass is 16.1. The minimum Gasteiger partial charge on any atom is -0.373 e. The van der Waals surface area contributed by atoms with Crippen molar-refractivity contribution in [2.24, 2.45) is 0 Å². The molecule has 0 aliphatic rings. The lowest BCUT2D eigenvalue weighted by Crippen LogP contribution is -2.29. The molecule has 0 spiro atoms. The first-order chi connectivity index (χ1) is 16.3. The zero-order valence-electron chi connectivity index (χ0n) is 21.4. The molecule has 0 radical (unpaired) electrons. The molecule has 0 fully saturated rings. The molecular formula is C30H37N3O. The molecule has 0 aromatic heterocycles. The van der Waals surface area contributed by atoms with Crippen molar-refractivity contribution in [3.8, 4) is 11.1 Å². The highest BCUT2D eigenvalue weighted by Crippen LogP contribution is 2.30. The Morgan fingerprint density at radius 3 is 2.24 bits per heavy atom. The van der Waals surface area contributed by atoms with Crippen LogP contribution in [0.4, 0.5) is 5.69 Å². The highest BCUT2D eigenvalue weighted by molar-refractivity contribution is 6.11. The van der Waals surface area contributed by atoms with Crippen LogP contribution in [0, 0.1) is 6.92 Å². The van der Waals surface area contributed by atoms with E-state index in [1.807, 2.05) is 24.3 Å². The number of aryl methyl sites for hydroxylation is 1. The minimum atomic E-state index is 0.0164. The van der Waals surface area contributed by atoms with Crippen LogP contribution in [0.25, 0.3) is 17.2 Å². The van der Waals surface area contributed by atoms with Gasteiger partial charge in [0.05, 0.1) is 0 Å². The van der Waals surface area contributed by atoms with Gasteiger partial charge >= 0.3 is 0 Å². The molecule has 3 aromatic rings. The Labute approximate surface area is 205 Å². The standard InChI is InChI=1S/C30H37N3O/c1-23-11-7-10-14-27(23)25-15-17-28(29(21-25)33(6)20-19-31(2)3)30(34)18-16-24-12-8-9-13-26(24)22-32(4)5/h7-18,21H,19-20,22H2,1-6H3. The van der Waals surface area contributed by atoms with Crippen molar-refractivity contribution in [3.63, 3.8) is 0 Å². The summed E-state index contributed by atoms with van der Waals surface area (Å²) in [5.74, 6) is 0.0164. The summed E-state index contributed by atoms with van der Waals surface area (Å²) in [6.07, 6.45) is 3.65. The molecule has 3 rings (SSSR count). The van der Waals surface area contributed by atoms with Crippen LogP contribution in [-0.2, 0) is 6.54 Å². The van der Waals surface area contributed by atoms with E-state index in [0.717, 1.165) is 42.0 Å². The van der Waals surface area contributed by atoms with E-state index in [2.05, 4.69) is 105 Å². The van der Waals surface area contributed by atoms with Crippen LogP contribution < -0.4 is 4.90 Å². The van der Waals surface area contributed by atoms with Gasteiger partial charge < -0.3 is 14.7 Å². The third-order valence-electron chi connectivity index (χ3n) is 5.97. The average Bonchev–Trinajstić information content (AvgIpc) is 2.81. The van der Waals surface area contributed by atoms with E-state index in [-0.39, 0.29) is 5.78 Å². The fraction of sp³-hybridized carbons (Fsp3) is 0.300. The second-order valence-corrected chi connectivity index (χ2v) is 9.41. The maximum atomic E-state index is 13.4. The number of allylic oxidation sites excluding steroid dienone is 1. The zero-order valence-corrected chi connectivity index (χ0v) is 21.4. The van der Waals surface area contributed by atoms with Crippen molar-refractivity contribution in [2.45, 2.75) is 13.5 Å². The lowest BCUT2D eigenvalue weighted by Gasteiger charge is -2.24. The van der Waals surface area contributed by atoms with Crippen molar-refractivity contribution in [3.05, 3.63) is 95.1 Å². The predicted molar refractivity (Wildman–Crippen MR) is 146 cm³/mol. The third kappa shape index (κ3) is 6.66. The van der Waals surface area contributed by atoms with Crippen molar-refractivity contribution < 1.29 is 4.79 Å². The van der Waals surface area contributed by atoms with Crippen molar-refractivity contribution in [1.29, 1.82) is 0 Å². The van der Waals surface area contributed by atoms with E-state index in [1.54, 1.807) is 6.08 Å². The topological polar surface area (TPSA) is 26.8 Å². The molecule has 0 heterocycles. The number of ketones is 1. The number of rotatable bonds is 10. The molecule has 34 heavy (non-hydrogen) atoms. The largest absolute Gasteiger partial charge is 0.373 e. The Morgan fingerprint density at radius 1 is 0.824 bits per heavy atom. The predicted octanol–water partition coefficient (Wildman–Crippen LogP) is 5.62. The first-order valence-corrected chi connectivity index (χ1v) is 11.8. The number of carbonyl (C=O) groups excluding carboxylic acids is 1. The number of benzene rings is 3. The maximum Gasteiger partial charge on any atom is 0.187 e. The van der Waals surface area contributed by atoms with Gasteiger partial charge in [0, 0.05) is 37.9 Å². The number of hydrogen-bond acceptors (Lipinski definition) is 4. The molecular weight excluding hydrogens is 418 g/mol. The highest BCUT2D eigenvalue weighted by Gasteiger charge is 2.15. The molecule has 0 N–H and O–H groups in total. The molecule has 178 valence electrons. The summed E-state index contributed by atoms with van der Waals surface area (Å²) in [6, 6.07) is 22.8. The molecule has 0 atom stereocenters. The Bertz CT molecular complexity index is 1150. The van der Waals surface area contributed by atoms with Crippen LogP contribution in [0.5, 0.6) is 0 Å². The minimum absolute atomic E-state index is 0.0164. The van der Waals surface area contributed by atoms with E-state index >= 15 is 0 Å². The quantitative estimate of drug-likeness (QED) is 0.293. The number of nitrogens with zero attached hydrogens (tertiary/aromatic N) is 3. The van der Waals surface area contributed by atoms with Gasteiger partial charge in [-0.3, -0.25) is 4.79 Å². The summed E-state index contributed by atoms with van der Waals surface area (Å²) in [7, 11) is 10.3. The molecule has 0 bridgehead atoms. The van der Waals surface area contributed by atoms with Gasteiger partial charge in [0.1, 0.15) is 0 Å². The summed E-state index contributed by atoms with van der Waals surface area (Å²) < 4.78 is 0. The zero-order chi connectivity index (χ0) is 24.7. The van der Waals surface area contributed by atoms with E-state index in [0.29, 0.717) is 0 Å². The van der Waals surface area contributed by atoms with Gasteiger partial charge in [-0.25, -0.2) is 0 Å². The summed E-state index contributed by atoms with van der Waals surface area (Å²) in [5, 5.41) is 0. The van der Waals surface area contributed by atoms with Gasteiger partial charge in [0.25, 0.3) is 0 Å². The summed E-state index contributed by atoms with van der Waals surface area (Å²) in [5.41, 5.74) is 7.50. The van der Waals surface area contributed by atoms with E-state index in [4.69, 9.17) is 0 Å². The first kappa shape index (κ1) is 25.4. The number of hydrogen-bond donors (Lipinski definition) is 0. The van der Waals surface area contributed by atoms with Gasteiger partial charge in [-0.15, -0.1) is 0 Å². The number of anilines is 1. The fourth-order valence-electron chi connectivity index (χ4n) is 4.03. The lowest BCUT2D eigenvalue weighted by molar-refractivity contribution is 0.104. The van der Waals surface area contributed by atoms with Crippen LogP contribution in [-0.4, -0.2) is 63.9 Å². The summed E-state index contributed by atoms with van der Waals surface area (Å²) >= 11 is 0. The summed E-state index contributed by atoms with van der Waals surface area (Å²) in [4.78, 5) is 19.9. The fourth-order valence-corrected chi connectivity index (χ4v) is 4.03. The molecule has 0 amide bonds. The lowest BCUT2D eigenvalue weighted by atomic mass is 9.96. The summed E-state index contributed by atoms with van der Waals surface area (Å²) in [6.45, 7) is 4.70. The van der Waals surface area contributed by atoms with Crippen LogP contribution >= 0.6 is 0 Å². The Balaban J connectivity index is 1.97. The van der Waals surface area contributed by atoms with Crippen molar-refractivity contribution in [2.75, 3.05) is 53.2 Å². The average molecular weight is 456 g/mol. The van der Waals surface area contributed by atoms with E-state index < -0.39 is 0 Å². The Hall–Kier alpha value is -3.21. The van der Waals surface area contributed by atoms with E-state index in [1.165, 1.54) is 16.7 Å². The van der Waals surface area contributed by atoms with Gasteiger partial charge in [0.15, 0.2) is 5.78 Å². The third-order valence-corrected chi connectivity index (χ3v) is 5.97. The monoisotopic (exact) mass is 455 g/mol. The Morgan fingerprint density at radius 2 is 1.53 bits per heavy atom. The van der Waals surface area contributed by atoms with Gasteiger partial charge in [-0.1, -0.05) is 60.7 Å². The van der Waals surface area contributed by atoms with Crippen molar-refractivity contribution in [1.82, 2.24) is 9.80 Å². The van der Waals surface area contributed by atoms with Gasteiger partial charge in [-0.2, -0.15) is 0 Å². The van der Waals surface area contributed by atoms with Crippen LogP contribution in [0.3, 0.4) is 0 Å². The van der Waals surface area contributed by atoms with Crippen LogP contribution in [0.1, 0.15) is 27.0 Å². The van der Waals surface area contributed by atoms with Crippen LogP contribution in [0.15, 0.2) is 72.8 Å². The smallest absolute Gasteiger partial charge is 0.187 e. The molecule has 0 aliphatic heterocycles. The number of likely N-dealkylation sites (N-methyl/N-ethyl adjacent to an activating group) is 2. The van der Waals surface area contributed by atoms with E-state index in [9.17, 15) is 4.79 Å². The molecule has 4 nitrogen and oxygen atoms in total. The molecule has 3 aromatic carbocycles. The molecule has 0 saturated carbocycles. The van der Waals surface area contributed by atoms with Gasteiger partial charge in [0.2, 0.25) is 0 Å². The molecule has 0 unspecified atom stereocenters. The number of carbonyl (C=O) groups is 1. The first-order valence-electron chi connectivity index (χ1n) is 11.8. The molecule has 0 saturated heterocycles. The van der Waals surface area contributed by atoms with Gasteiger partial charge in [-0.05, 0) is 81.1 Å². The SMILES string of the molecule is Cc1ccccc1-c1ccc(C(=O)C=Cc2ccccc2CN(C)C)c(N(C)CCN(C)C)c1. The van der Waals surface area contributed by atoms with Crippen molar-refractivity contribution >= 4 is 17.5 Å². The normalized spacial score (nSPS) is 11.5. The van der Waals surface area contributed by atoms with Crippen LogP contribution in [0.2, 0.25) is 0 Å². The second-order valence-electron chi connectivity index (χ2n) is 9.41. The second kappa shape index (κ2) is 11.8.